The minimum Gasteiger partial charge on any atom is -0.497 e. The van der Waals surface area contributed by atoms with Crippen LogP contribution in [0.4, 0.5) is 4.39 Å². The van der Waals surface area contributed by atoms with Gasteiger partial charge in [0.1, 0.15) is 17.3 Å². The fraction of sp³-hybridized carbons (Fsp3) is 0.227. The molecule has 0 saturated heterocycles. The van der Waals surface area contributed by atoms with E-state index in [-0.39, 0.29) is 24.2 Å². The number of methoxy groups -OCH3 is 1. The van der Waals surface area contributed by atoms with Gasteiger partial charge in [-0.3, -0.25) is 9.59 Å². The van der Waals surface area contributed by atoms with Crippen molar-refractivity contribution in [3.63, 3.8) is 0 Å². The normalized spacial score (nSPS) is 10.6. The minimum atomic E-state index is -0.364. The van der Waals surface area contributed by atoms with Gasteiger partial charge in [-0.15, -0.1) is 0 Å². The molecule has 7 nitrogen and oxygen atoms in total. The highest BCUT2D eigenvalue weighted by Crippen LogP contribution is 2.27. The molecule has 1 aromatic heterocycles. The molecule has 2 aromatic carbocycles. The maximum atomic E-state index is 13.3. The van der Waals surface area contributed by atoms with Crippen LogP contribution >= 0.6 is 0 Å². The molecule has 0 unspecified atom stereocenters. The van der Waals surface area contributed by atoms with Crippen LogP contribution in [0.2, 0.25) is 0 Å². The maximum Gasteiger partial charge on any atom is 0.257 e. The zero-order chi connectivity index (χ0) is 21.8. The van der Waals surface area contributed by atoms with Gasteiger partial charge in [-0.1, -0.05) is 12.1 Å². The summed E-state index contributed by atoms with van der Waals surface area (Å²) in [6.07, 6.45) is 1.58. The Morgan fingerprint density at radius 2 is 1.80 bits per heavy atom. The van der Waals surface area contributed by atoms with Crippen LogP contribution in [0, 0.1) is 5.82 Å². The molecule has 0 aliphatic carbocycles. The summed E-state index contributed by atoms with van der Waals surface area (Å²) in [7, 11) is 6.39. The number of halogens is 1. The molecular formula is C22H23FN4O3. The molecule has 3 aromatic rings. The lowest BCUT2D eigenvalue weighted by molar-refractivity contribution is -0.129. The van der Waals surface area contributed by atoms with Gasteiger partial charge in [0, 0.05) is 32.9 Å². The number of likely N-dealkylation sites (N-methyl/N-ethyl adjacent to an activating group) is 2. The van der Waals surface area contributed by atoms with Crippen molar-refractivity contribution >= 4 is 11.8 Å². The van der Waals surface area contributed by atoms with E-state index < -0.39 is 0 Å². The molecule has 2 amide bonds. The Hall–Kier alpha value is -3.68. The summed E-state index contributed by atoms with van der Waals surface area (Å²) < 4.78 is 20.1. The molecule has 0 bridgehead atoms. The highest BCUT2D eigenvalue weighted by molar-refractivity contribution is 6.01. The molecule has 0 fully saturated rings. The number of carbonyl (C=O) groups excluding carboxylic acids is 2. The fourth-order valence-electron chi connectivity index (χ4n) is 2.86. The summed E-state index contributed by atoms with van der Waals surface area (Å²) in [6, 6.07) is 13.0. The predicted molar refractivity (Wildman–Crippen MR) is 111 cm³/mol. The lowest BCUT2D eigenvalue weighted by Crippen LogP contribution is -2.37. The average molecular weight is 410 g/mol. The van der Waals surface area contributed by atoms with Gasteiger partial charge in [0.15, 0.2) is 0 Å². The second-order valence-corrected chi connectivity index (χ2v) is 6.99. The number of hydrogen-bond acceptors (Lipinski definition) is 4. The first-order valence-electron chi connectivity index (χ1n) is 9.26. The first-order valence-corrected chi connectivity index (χ1v) is 9.26. The van der Waals surface area contributed by atoms with E-state index in [1.54, 1.807) is 64.8 Å². The third kappa shape index (κ3) is 4.48. The van der Waals surface area contributed by atoms with E-state index in [1.165, 1.54) is 26.6 Å². The standard InChI is InChI=1S/C22H23FN4O3/c1-25(2)20(28)14-26(3)22(29)19-13-27(17-10-8-16(23)9-11-17)24-21(19)15-6-5-7-18(12-15)30-4/h5-13H,14H2,1-4H3. The van der Waals surface area contributed by atoms with Crippen molar-refractivity contribution in [1.82, 2.24) is 19.6 Å². The largest absolute Gasteiger partial charge is 0.497 e. The number of ether oxygens (including phenoxy) is 1. The van der Waals surface area contributed by atoms with Crippen LogP contribution in [-0.2, 0) is 4.79 Å². The van der Waals surface area contributed by atoms with E-state index in [0.717, 1.165) is 0 Å². The number of aromatic nitrogens is 2. The number of hydrogen-bond donors (Lipinski definition) is 0. The third-order valence-corrected chi connectivity index (χ3v) is 4.60. The van der Waals surface area contributed by atoms with Gasteiger partial charge in [0.05, 0.1) is 24.9 Å². The van der Waals surface area contributed by atoms with Gasteiger partial charge in [0.2, 0.25) is 5.91 Å². The quantitative estimate of drug-likeness (QED) is 0.627. The Morgan fingerprint density at radius 3 is 2.43 bits per heavy atom. The molecule has 0 atom stereocenters. The Bertz CT molecular complexity index is 1060. The molecule has 3 rings (SSSR count). The van der Waals surface area contributed by atoms with E-state index in [0.29, 0.717) is 28.3 Å². The van der Waals surface area contributed by atoms with Gasteiger partial charge >= 0.3 is 0 Å². The van der Waals surface area contributed by atoms with Crippen molar-refractivity contribution in [2.24, 2.45) is 0 Å². The predicted octanol–water partition coefficient (Wildman–Crippen LogP) is 2.85. The van der Waals surface area contributed by atoms with Gasteiger partial charge < -0.3 is 14.5 Å². The number of benzene rings is 2. The molecule has 30 heavy (non-hydrogen) atoms. The summed E-state index contributed by atoms with van der Waals surface area (Å²) in [6.45, 7) is -0.0644. The van der Waals surface area contributed by atoms with E-state index in [2.05, 4.69) is 5.10 Å². The number of nitrogens with zero attached hydrogens (tertiary/aromatic N) is 4. The summed E-state index contributed by atoms with van der Waals surface area (Å²) >= 11 is 0. The molecular weight excluding hydrogens is 387 g/mol. The molecule has 0 aliphatic heterocycles. The summed E-state index contributed by atoms with van der Waals surface area (Å²) in [4.78, 5) is 28.0. The number of amides is 2. The van der Waals surface area contributed by atoms with Gasteiger partial charge in [-0.05, 0) is 36.4 Å². The zero-order valence-corrected chi connectivity index (χ0v) is 17.3. The Balaban J connectivity index is 2.06. The smallest absolute Gasteiger partial charge is 0.257 e. The van der Waals surface area contributed by atoms with Crippen molar-refractivity contribution in [2.75, 3.05) is 34.8 Å². The molecule has 0 N–H and O–H groups in total. The molecule has 0 spiro atoms. The van der Waals surface area contributed by atoms with Crippen molar-refractivity contribution in [2.45, 2.75) is 0 Å². The third-order valence-electron chi connectivity index (χ3n) is 4.60. The van der Waals surface area contributed by atoms with Crippen molar-refractivity contribution in [3.05, 3.63) is 66.1 Å². The lowest BCUT2D eigenvalue weighted by atomic mass is 10.1. The molecule has 0 radical (unpaired) electrons. The Morgan fingerprint density at radius 1 is 1.10 bits per heavy atom. The van der Waals surface area contributed by atoms with Crippen molar-refractivity contribution in [1.29, 1.82) is 0 Å². The minimum absolute atomic E-state index is 0.0644. The SMILES string of the molecule is COc1cccc(-c2nn(-c3ccc(F)cc3)cc2C(=O)N(C)CC(=O)N(C)C)c1. The van der Waals surface area contributed by atoms with Crippen LogP contribution in [0.3, 0.4) is 0 Å². The van der Waals surface area contributed by atoms with Crippen LogP contribution in [0.25, 0.3) is 16.9 Å². The second-order valence-electron chi connectivity index (χ2n) is 6.99. The maximum absolute atomic E-state index is 13.3. The van der Waals surface area contributed by atoms with Gasteiger partial charge in [0.25, 0.3) is 5.91 Å². The number of rotatable bonds is 6. The summed E-state index contributed by atoms with van der Waals surface area (Å²) in [5.74, 6) is -0.286. The highest BCUT2D eigenvalue weighted by Gasteiger charge is 2.23. The van der Waals surface area contributed by atoms with Crippen LogP contribution in [0.15, 0.2) is 54.7 Å². The second kappa shape index (κ2) is 8.77. The molecule has 1 heterocycles. The topological polar surface area (TPSA) is 67.7 Å². The highest BCUT2D eigenvalue weighted by atomic mass is 19.1. The Labute approximate surface area is 174 Å². The number of carbonyl (C=O) groups is 2. The van der Waals surface area contributed by atoms with E-state index in [9.17, 15) is 14.0 Å². The zero-order valence-electron chi connectivity index (χ0n) is 17.3. The van der Waals surface area contributed by atoms with E-state index in [4.69, 9.17) is 4.74 Å². The lowest BCUT2D eigenvalue weighted by Gasteiger charge is -2.19. The van der Waals surface area contributed by atoms with E-state index >= 15 is 0 Å². The fourth-order valence-corrected chi connectivity index (χ4v) is 2.86. The van der Waals surface area contributed by atoms with Crippen LogP contribution in [0.5, 0.6) is 5.75 Å². The Kier molecular flexibility index (Phi) is 6.15. The van der Waals surface area contributed by atoms with Crippen LogP contribution in [0.1, 0.15) is 10.4 Å². The van der Waals surface area contributed by atoms with Gasteiger partial charge in [-0.2, -0.15) is 5.10 Å². The van der Waals surface area contributed by atoms with E-state index in [1.807, 2.05) is 6.07 Å². The summed E-state index contributed by atoms with van der Waals surface area (Å²) in [5.41, 5.74) is 2.05. The first kappa shape index (κ1) is 21.0. The molecule has 8 heteroatoms. The monoisotopic (exact) mass is 410 g/mol. The van der Waals surface area contributed by atoms with Crippen LogP contribution in [-0.4, -0.2) is 66.2 Å². The average Bonchev–Trinajstić information content (AvgIpc) is 3.19. The van der Waals surface area contributed by atoms with Crippen molar-refractivity contribution in [3.8, 4) is 22.7 Å². The summed E-state index contributed by atoms with van der Waals surface area (Å²) in [5, 5.41) is 4.57. The van der Waals surface area contributed by atoms with Gasteiger partial charge in [-0.25, -0.2) is 9.07 Å². The first-order chi connectivity index (χ1) is 14.3. The molecule has 0 saturated carbocycles. The molecule has 0 aliphatic rings. The van der Waals surface area contributed by atoms with Crippen LogP contribution < -0.4 is 4.74 Å². The molecule has 156 valence electrons. The van der Waals surface area contributed by atoms with Crippen molar-refractivity contribution < 1.29 is 18.7 Å².